The fourth-order valence-corrected chi connectivity index (χ4v) is 6.49. The molecule has 0 radical (unpaired) electrons. The predicted molar refractivity (Wildman–Crippen MR) is 123 cm³/mol. The van der Waals surface area contributed by atoms with Crippen LogP contribution >= 0.6 is 0 Å². The number of benzene rings is 1. The van der Waals surface area contributed by atoms with Gasteiger partial charge in [0.2, 0.25) is 15.9 Å². The highest BCUT2D eigenvalue weighted by molar-refractivity contribution is 7.89. The third kappa shape index (κ3) is 5.30. The van der Waals surface area contributed by atoms with Crippen LogP contribution in [0.2, 0.25) is 0 Å². The van der Waals surface area contributed by atoms with Crippen LogP contribution in [-0.2, 0) is 19.6 Å². The molecular weight excluding hydrogens is 448 g/mol. The summed E-state index contributed by atoms with van der Waals surface area (Å²) in [5.74, 6) is -0.178. The monoisotopic (exact) mass is 480 g/mol. The first kappa shape index (κ1) is 23.9. The van der Waals surface area contributed by atoms with Crippen molar-refractivity contribution < 1.29 is 22.9 Å². The molecule has 1 unspecified atom stereocenters. The largest absolute Gasteiger partial charge is 0.378 e. The van der Waals surface area contributed by atoms with Gasteiger partial charge in [0.15, 0.2) is 0 Å². The van der Waals surface area contributed by atoms with E-state index in [2.05, 4.69) is 0 Å². The molecule has 1 amide bonds. The Kier molecular flexibility index (Phi) is 7.50. The highest BCUT2D eigenvalue weighted by Crippen LogP contribution is 2.35. The average Bonchev–Trinajstić information content (AvgIpc) is 3.14. The van der Waals surface area contributed by atoms with Gasteiger partial charge in [0.05, 0.1) is 29.0 Å². The van der Waals surface area contributed by atoms with Crippen LogP contribution in [0, 0.1) is 16.0 Å². The number of nitro groups is 1. The molecule has 0 aromatic heterocycles. The third-order valence-electron chi connectivity index (χ3n) is 6.78. The van der Waals surface area contributed by atoms with E-state index in [0.717, 1.165) is 38.5 Å². The van der Waals surface area contributed by atoms with Crippen molar-refractivity contribution in [1.82, 2.24) is 9.21 Å². The van der Waals surface area contributed by atoms with Gasteiger partial charge in [-0.15, -0.1) is 0 Å². The molecule has 182 valence electrons. The maximum Gasteiger partial charge on any atom is 0.293 e. The van der Waals surface area contributed by atoms with Crippen LogP contribution in [0.1, 0.15) is 38.5 Å². The molecule has 0 N–H and O–H groups in total. The van der Waals surface area contributed by atoms with Gasteiger partial charge in [-0.25, -0.2) is 8.42 Å². The van der Waals surface area contributed by atoms with E-state index in [4.69, 9.17) is 4.74 Å². The average molecular weight is 481 g/mol. The molecule has 1 aromatic carbocycles. The van der Waals surface area contributed by atoms with Crippen LogP contribution in [0.25, 0.3) is 0 Å². The van der Waals surface area contributed by atoms with E-state index in [9.17, 15) is 23.3 Å². The van der Waals surface area contributed by atoms with Crippen molar-refractivity contribution in [3.63, 3.8) is 0 Å². The molecule has 1 aromatic rings. The van der Waals surface area contributed by atoms with Crippen molar-refractivity contribution in [1.29, 1.82) is 0 Å². The van der Waals surface area contributed by atoms with E-state index < -0.39 is 14.9 Å². The molecule has 3 aliphatic heterocycles. The molecule has 10 nitrogen and oxygen atoms in total. The Morgan fingerprint density at radius 2 is 1.70 bits per heavy atom. The number of anilines is 1. The molecule has 0 saturated carbocycles. The lowest BCUT2D eigenvalue weighted by atomic mass is 9.95. The SMILES string of the molecule is O=C(C1CCCN(c2ccc(S(=O)(=O)N3CCCCCC3)cc2[N+](=O)[O-])C1)N1CCOCC1. The number of nitrogens with zero attached hydrogens (tertiary/aromatic N) is 4. The van der Waals surface area contributed by atoms with Gasteiger partial charge in [0.25, 0.3) is 5.69 Å². The minimum atomic E-state index is -3.79. The quantitative estimate of drug-likeness (QED) is 0.469. The van der Waals surface area contributed by atoms with E-state index in [1.165, 1.54) is 22.5 Å². The molecule has 0 bridgehead atoms. The summed E-state index contributed by atoms with van der Waals surface area (Å²) in [6.07, 6.45) is 5.06. The number of carbonyl (C=O) groups is 1. The Labute approximate surface area is 194 Å². The Balaban J connectivity index is 1.56. The topological polar surface area (TPSA) is 113 Å². The van der Waals surface area contributed by atoms with E-state index >= 15 is 0 Å². The molecule has 3 aliphatic rings. The van der Waals surface area contributed by atoms with Crippen molar-refractivity contribution >= 4 is 27.3 Å². The number of ether oxygens (including phenoxy) is 1. The Hall–Kier alpha value is -2.24. The third-order valence-corrected chi connectivity index (χ3v) is 8.68. The van der Waals surface area contributed by atoms with Crippen molar-refractivity contribution in [3.05, 3.63) is 28.3 Å². The Morgan fingerprint density at radius 1 is 1.00 bits per heavy atom. The summed E-state index contributed by atoms with van der Waals surface area (Å²) in [6, 6.07) is 4.18. The van der Waals surface area contributed by atoms with Gasteiger partial charge in [-0.3, -0.25) is 14.9 Å². The van der Waals surface area contributed by atoms with Gasteiger partial charge in [-0.2, -0.15) is 4.31 Å². The number of amides is 1. The number of nitro benzene ring substituents is 1. The normalized spacial score (nSPS) is 23.2. The lowest BCUT2D eigenvalue weighted by molar-refractivity contribution is -0.384. The summed E-state index contributed by atoms with van der Waals surface area (Å²) in [7, 11) is -3.79. The standard InChI is InChI=1S/C22H32N4O6S/c27-22(23-12-14-32-15-13-23)18-6-5-9-24(17-18)20-8-7-19(16-21(20)26(28)29)33(30,31)25-10-3-1-2-4-11-25/h7-8,16,18H,1-6,9-15,17H2. The summed E-state index contributed by atoms with van der Waals surface area (Å²) in [6.45, 7) is 4.05. The van der Waals surface area contributed by atoms with Gasteiger partial charge in [-0.1, -0.05) is 12.8 Å². The van der Waals surface area contributed by atoms with Crippen molar-refractivity contribution in [3.8, 4) is 0 Å². The molecule has 3 heterocycles. The van der Waals surface area contributed by atoms with Crippen LogP contribution in [0.5, 0.6) is 0 Å². The summed E-state index contributed by atoms with van der Waals surface area (Å²) < 4.78 is 33.1. The summed E-state index contributed by atoms with van der Waals surface area (Å²) in [5, 5.41) is 11.9. The Bertz CT molecular complexity index is 971. The number of sulfonamides is 1. The minimum Gasteiger partial charge on any atom is -0.378 e. The highest BCUT2D eigenvalue weighted by Gasteiger charge is 2.34. The van der Waals surface area contributed by atoms with E-state index in [1.807, 2.05) is 9.80 Å². The number of rotatable bonds is 5. The number of hydrogen-bond donors (Lipinski definition) is 0. The zero-order valence-electron chi connectivity index (χ0n) is 18.9. The van der Waals surface area contributed by atoms with Crippen molar-refractivity contribution in [2.24, 2.45) is 5.92 Å². The molecule has 11 heteroatoms. The van der Waals surface area contributed by atoms with Crippen LogP contribution in [-0.4, -0.2) is 80.9 Å². The zero-order valence-corrected chi connectivity index (χ0v) is 19.7. The number of carbonyl (C=O) groups excluding carboxylic acids is 1. The van der Waals surface area contributed by atoms with Crippen LogP contribution in [0.3, 0.4) is 0 Å². The molecule has 0 aliphatic carbocycles. The smallest absolute Gasteiger partial charge is 0.293 e. The second kappa shape index (κ2) is 10.4. The summed E-state index contributed by atoms with van der Waals surface area (Å²) in [5.41, 5.74) is 0.139. The van der Waals surface area contributed by atoms with Gasteiger partial charge in [-0.05, 0) is 37.8 Å². The van der Waals surface area contributed by atoms with Gasteiger partial charge >= 0.3 is 0 Å². The molecular formula is C22H32N4O6S. The number of morpholine rings is 1. The second-order valence-corrected chi connectivity index (χ2v) is 10.9. The summed E-state index contributed by atoms with van der Waals surface area (Å²) in [4.78, 5) is 28.0. The first-order valence-corrected chi connectivity index (χ1v) is 13.2. The maximum atomic E-state index is 13.1. The minimum absolute atomic E-state index is 0.0437. The molecule has 0 spiro atoms. The predicted octanol–water partition coefficient (Wildman–Crippen LogP) is 2.23. The lowest BCUT2D eigenvalue weighted by Crippen LogP contribution is -2.48. The number of piperidine rings is 1. The molecule has 3 fully saturated rings. The fraction of sp³-hybridized carbons (Fsp3) is 0.682. The van der Waals surface area contributed by atoms with E-state index in [0.29, 0.717) is 58.2 Å². The Morgan fingerprint density at radius 3 is 2.36 bits per heavy atom. The fourth-order valence-electron chi connectivity index (χ4n) is 4.95. The van der Waals surface area contributed by atoms with E-state index in [1.54, 1.807) is 0 Å². The molecule has 4 rings (SSSR count). The van der Waals surface area contributed by atoms with Crippen molar-refractivity contribution in [2.45, 2.75) is 43.4 Å². The second-order valence-electron chi connectivity index (χ2n) is 8.95. The first-order chi connectivity index (χ1) is 15.9. The van der Waals surface area contributed by atoms with Gasteiger partial charge < -0.3 is 14.5 Å². The lowest BCUT2D eigenvalue weighted by Gasteiger charge is -2.37. The zero-order chi connectivity index (χ0) is 23.4. The first-order valence-electron chi connectivity index (χ1n) is 11.8. The van der Waals surface area contributed by atoms with Crippen LogP contribution in [0.15, 0.2) is 23.1 Å². The highest BCUT2D eigenvalue weighted by atomic mass is 32.2. The molecule has 3 saturated heterocycles. The molecule has 33 heavy (non-hydrogen) atoms. The number of hydrogen-bond acceptors (Lipinski definition) is 7. The van der Waals surface area contributed by atoms with Gasteiger partial charge in [0.1, 0.15) is 5.69 Å². The molecule has 1 atom stereocenters. The maximum absolute atomic E-state index is 13.1. The van der Waals surface area contributed by atoms with Gasteiger partial charge in [0, 0.05) is 45.3 Å². The van der Waals surface area contributed by atoms with Crippen LogP contribution < -0.4 is 4.90 Å². The van der Waals surface area contributed by atoms with Crippen molar-refractivity contribution in [2.75, 3.05) is 57.4 Å². The van der Waals surface area contributed by atoms with Crippen LogP contribution in [0.4, 0.5) is 11.4 Å². The van der Waals surface area contributed by atoms with E-state index in [-0.39, 0.29) is 22.4 Å². The summed E-state index contributed by atoms with van der Waals surface area (Å²) >= 11 is 0.